The largest absolute Gasteiger partial charge is 0.465 e. The van der Waals surface area contributed by atoms with E-state index in [1.54, 1.807) is 6.92 Å². The number of ketones is 1. The molecule has 18 heavy (non-hydrogen) atoms. The molecular formula is C15H18O3. The number of rotatable bonds is 3. The van der Waals surface area contributed by atoms with E-state index in [9.17, 15) is 9.59 Å². The fourth-order valence-electron chi connectivity index (χ4n) is 2.64. The standard InChI is InChI=1S/C15H18O3/c1-2-18-14(17)15(11-7-6-10-13(15)16)12-8-4-3-5-9-12/h3-5,8-9H,2,6-7,10-11H2,1H3/t15-/m1/s1. The van der Waals surface area contributed by atoms with Crippen molar-refractivity contribution in [3.05, 3.63) is 35.9 Å². The summed E-state index contributed by atoms with van der Waals surface area (Å²) in [6.45, 7) is 2.07. The normalized spacial score (nSPS) is 23.7. The number of carbonyl (C=O) groups is 2. The molecule has 3 nitrogen and oxygen atoms in total. The number of hydrogen-bond acceptors (Lipinski definition) is 3. The Morgan fingerprint density at radius 1 is 1.28 bits per heavy atom. The van der Waals surface area contributed by atoms with Gasteiger partial charge in [-0.05, 0) is 25.3 Å². The van der Waals surface area contributed by atoms with Gasteiger partial charge in [-0.2, -0.15) is 0 Å². The second-order valence-electron chi connectivity index (χ2n) is 4.62. The van der Waals surface area contributed by atoms with E-state index in [4.69, 9.17) is 4.74 Å². The van der Waals surface area contributed by atoms with Gasteiger partial charge in [0.25, 0.3) is 0 Å². The van der Waals surface area contributed by atoms with E-state index in [1.807, 2.05) is 30.3 Å². The van der Waals surface area contributed by atoms with Crippen LogP contribution in [0.25, 0.3) is 0 Å². The van der Waals surface area contributed by atoms with Crippen LogP contribution < -0.4 is 0 Å². The van der Waals surface area contributed by atoms with Crippen molar-refractivity contribution in [2.24, 2.45) is 0 Å². The fourth-order valence-corrected chi connectivity index (χ4v) is 2.64. The maximum atomic E-state index is 12.3. The van der Waals surface area contributed by atoms with Crippen LogP contribution in [0.3, 0.4) is 0 Å². The van der Waals surface area contributed by atoms with Gasteiger partial charge in [0.1, 0.15) is 0 Å². The van der Waals surface area contributed by atoms with Crippen LogP contribution in [-0.2, 0) is 19.7 Å². The van der Waals surface area contributed by atoms with Crippen molar-refractivity contribution in [1.82, 2.24) is 0 Å². The Balaban J connectivity index is 2.45. The van der Waals surface area contributed by atoms with Crippen LogP contribution in [0.5, 0.6) is 0 Å². The van der Waals surface area contributed by atoms with E-state index in [0.29, 0.717) is 19.4 Å². The predicted octanol–water partition coefficient (Wildman–Crippen LogP) is 2.63. The lowest BCUT2D eigenvalue weighted by molar-refractivity contribution is -0.155. The summed E-state index contributed by atoms with van der Waals surface area (Å²) in [4.78, 5) is 24.6. The minimum atomic E-state index is -1.06. The second kappa shape index (κ2) is 5.34. The third-order valence-electron chi connectivity index (χ3n) is 3.57. The number of Topliss-reactive ketones (excluding diaryl/α,β-unsaturated/α-hetero) is 1. The summed E-state index contributed by atoms with van der Waals surface area (Å²) in [6, 6.07) is 9.30. The second-order valence-corrected chi connectivity index (χ2v) is 4.62. The zero-order valence-electron chi connectivity index (χ0n) is 10.6. The van der Waals surface area contributed by atoms with Gasteiger partial charge >= 0.3 is 5.97 Å². The molecule has 0 spiro atoms. The van der Waals surface area contributed by atoms with Gasteiger partial charge in [-0.25, -0.2) is 0 Å². The van der Waals surface area contributed by atoms with Gasteiger partial charge in [0.2, 0.25) is 0 Å². The molecule has 1 aliphatic rings. The summed E-state index contributed by atoms with van der Waals surface area (Å²) in [6.07, 6.45) is 2.79. The summed E-state index contributed by atoms with van der Waals surface area (Å²) >= 11 is 0. The van der Waals surface area contributed by atoms with Crippen molar-refractivity contribution >= 4 is 11.8 Å². The number of esters is 1. The van der Waals surface area contributed by atoms with E-state index in [1.165, 1.54) is 0 Å². The zero-order valence-corrected chi connectivity index (χ0v) is 10.6. The Bertz CT molecular complexity index is 438. The first-order chi connectivity index (χ1) is 8.71. The summed E-state index contributed by atoms with van der Waals surface area (Å²) in [5.74, 6) is -0.390. The molecule has 1 aliphatic carbocycles. The van der Waals surface area contributed by atoms with Crippen LogP contribution in [-0.4, -0.2) is 18.4 Å². The Morgan fingerprint density at radius 2 is 2.00 bits per heavy atom. The fraction of sp³-hybridized carbons (Fsp3) is 0.467. The highest BCUT2D eigenvalue weighted by Crippen LogP contribution is 2.38. The monoisotopic (exact) mass is 246 g/mol. The van der Waals surface area contributed by atoms with Crippen LogP contribution >= 0.6 is 0 Å². The molecule has 0 N–H and O–H groups in total. The zero-order chi connectivity index (χ0) is 13.0. The molecule has 0 unspecified atom stereocenters. The van der Waals surface area contributed by atoms with Crippen molar-refractivity contribution in [2.75, 3.05) is 6.61 Å². The summed E-state index contributed by atoms with van der Waals surface area (Å²) in [7, 11) is 0. The van der Waals surface area contributed by atoms with Gasteiger partial charge in [0, 0.05) is 6.42 Å². The average Bonchev–Trinajstić information content (AvgIpc) is 2.41. The van der Waals surface area contributed by atoms with Gasteiger partial charge in [-0.1, -0.05) is 36.8 Å². The Hall–Kier alpha value is -1.64. The van der Waals surface area contributed by atoms with Gasteiger partial charge in [-0.3, -0.25) is 9.59 Å². The Labute approximate surface area is 107 Å². The highest BCUT2D eigenvalue weighted by atomic mass is 16.5. The lowest BCUT2D eigenvalue weighted by atomic mass is 9.68. The summed E-state index contributed by atoms with van der Waals surface area (Å²) in [5.41, 5.74) is -0.289. The topological polar surface area (TPSA) is 43.4 Å². The molecular weight excluding hydrogens is 228 g/mol. The number of hydrogen-bond donors (Lipinski definition) is 0. The maximum Gasteiger partial charge on any atom is 0.324 e. The van der Waals surface area contributed by atoms with Gasteiger partial charge in [0.15, 0.2) is 11.2 Å². The molecule has 96 valence electrons. The minimum Gasteiger partial charge on any atom is -0.465 e. The molecule has 1 atom stereocenters. The average molecular weight is 246 g/mol. The molecule has 0 radical (unpaired) electrons. The van der Waals surface area contributed by atoms with Crippen molar-refractivity contribution in [1.29, 1.82) is 0 Å². The van der Waals surface area contributed by atoms with Gasteiger partial charge in [-0.15, -0.1) is 0 Å². The van der Waals surface area contributed by atoms with Crippen molar-refractivity contribution in [3.63, 3.8) is 0 Å². The van der Waals surface area contributed by atoms with E-state index in [0.717, 1.165) is 18.4 Å². The predicted molar refractivity (Wildman–Crippen MR) is 68.2 cm³/mol. The molecule has 1 aromatic carbocycles. The van der Waals surface area contributed by atoms with Crippen molar-refractivity contribution in [2.45, 2.75) is 38.0 Å². The highest BCUT2D eigenvalue weighted by Gasteiger charge is 2.49. The van der Waals surface area contributed by atoms with Crippen molar-refractivity contribution in [3.8, 4) is 0 Å². The van der Waals surface area contributed by atoms with Crippen LogP contribution in [0, 0.1) is 0 Å². The summed E-state index contributed by atoms with van der Waals surface area (Å²) in [5, 5.41) is 0. The number of benzene rings is 1. The van der Waals surface area contributed by atoms with Crippen LogP contribution in [0.1, 0.15) is 38.2 Å². The molecule has 1 aromatic rings. The third kappa shape index (κ3) is 2.05. The van der Waals surface area contributed by atoms with E-state index >= 15 is 0 Å². The molecule has 0 aromatic heterocycles. The first-order valence-electron chi connectivity index (χ1n) is 6.48. The van der Waals surface area contributed by atoms with Gasteiger partial charge in [0.05, 0.1) is 6.61 Å². The molecule has 2 rings (SSSR count). The van der Waals surface area contributed by atoms with Crippen molar-refractivity contribution < 1.29 is 14.3 Å². The lowest BCUT2D eigenvalue weighted by Crippen LogP contribution is -2.46. The number of carbonyl (C=O) groups excluding carboxylic acids is 2. The first kappa shape index (κ1) is 12.8. The molecule has 0 heterocycles. The first-order valence-corrected chi connectivity index (χ1v) is 6.48. The van der Waals surface area contributed by atoms with Crippen LogP contribution in [0.4, 0.5) is 0 Å². The van der Waals surface area contributed by atoms with E-state index in [-0.39, 0.29) is 11.8 Å². The van der Waals surface area contributed by atoms with E-state index < -0.39 is 5.41 Å². The highest BCUT2D eigenvalue weighted by molar-refractivity contribution is 6.10. The molecule has 0 saturated heterocycles. The van der Waals surface area contributed by atoms with Crippen LogP contribution in [0.2, 0.25) is 0 Å². The molecule has 1 saturated carbocycles. The molecule has 0 aliphatic heterocycles. The lowest BCUT2D eigenvalue weighted by Gasteiger charge is -2.33. The SMILES string of the molecule is CCOC(=O)[C@@]1(c2ccccc2)CCCCC1=O. The quantitative estimate of drug-likeness (QED) is 0.608. The molecule has 0 amide bonds. The summed E-state index contributed by atoms with van der Waals surface area (Å²) < 4.78 is 5.15. The Kier molecular flexibility index (Phi) is 3.80. The third-order valence-corrected chi connectivity index (χ3v) is 3.57. The van der Waals surface area contributed by atoms with Gasteiger partial charge < -0.3 is 4.74 Å². The van der Waals surface area contributed by atoms with Crippen LogP contribution in [0.15, 0.2) is 30.3 Å². The molecule has 3 heteroatoms. The van der Waals surface area contributed by atoms with E-state index in [2.05, 4.69) is 0 Å². The smallest absolute Gasteiger partial charge is 0.324 e. The molecule has 0 bridgehead atoms. The molecule has 1 fully saturated rings. The maximum absolute atomic E-state index is 12.3. The number of ether oxygens (including phenoxy) is 1. The Morgan fingerprint density at radius 3 is 2.61 bits per heavy atom. The minimum absolute atomic E-state index is 0.00148.